The molecular weight excluding hydrogens is 212 g/mol. The Morgan fingerprint density at radius 3 is 2.65 bits per heavy atom. The van der Waals surface area contributed by atoms with Gasteiger partial charge in [-0.25, -0.2) is 0 Å². The Labute approximate surface area is 103 Å². The Hall–Kier alpha value is -1.22. The van der Waals surface area contributed by atoms with Gasteiger partial charge in [-0.05, 0) is 50.3 Å². The van der Waals surface area contributed by atoms with Gasteiger partial charge < -0.3 is 15.8 Å². The lowest BCUT2D eigenvalue weighted by atomic mass is 10.1. The van der Waals surface area contributed by atoms with Crippen molar-refractivity contribution < 1.29 is 4.74 Å². The molecule has 1 fully saturated rings. The Morgan fingerprint density at radius 1 is 1.29 bits per heavy atom. The van der Waals surface area contributed by atoms with Crippen LogP contribution in [0.3, 0.4) is 0 Å². The molecule has 1 aliphatic carbocycles. The third-order valence-corrected chi connectivity index (χ3v) is 3.53. The third kappa shape index (κ3) is 2.55. The lowest BCUT2D eigenvalue weighted by Gasteiger charge is -2.21. The van der Waals surface area contributed by atoms with Crippen LogP contribution in [0.5, 0.6) is 5.75 Å². The van der Waals surface area contributed by atoms with Gasteiger partial charge in [0.1, 0.15) is 5.75 Å². The molecule has 2 rings (SSSR count). The Morgan fingerprint density at radius 2 is 2.06 bits per heavy atom. The van der Waals surface area contributed by atoms with Crippen LogP contribution >= 0.6 is 0 Å². The summed E-state index contributed by atoms with van der Waals surface area (Å²) in [6.45, 7) is 4.18. The molecule has 2 unspecified atom stereocenters. The summed E-state index contributed by atoms with van der Waals surface area (Å²) >= 11 is 0. The summed E-state index contributed by atoms with van der Waals surface area (Å²) in [6.07, 6.45) is 3.48. The number of nitrogens with two attached hydrogens (primary N) is 1. The number of rotatable bonds is 3. The second-order valence-corrected chi connectivity index (χ2v) is 5.01. The first kappa shape index (κ1) is 12.2. The van der Waals surface area contributed by atoms with Gasteiger partial charge in [0.2, 0.25) is 0 Å². The molecule has 0 heterocycles. The van der Waals surface area contributed by atoms with Gasteiger partial charge in [0.05, 0.1) is 12.8 Å². The third-order valence-electron chi connectivity index (χ3n) is 3.53. The van der Waals surface area contributed by atoms with E-state index in [1.807, 2.05) is 0 Å². The van der Waals surface area contributed by atoms with Gasteiger partial charge in [0, 0.05) is 12.1 Å². The lowest BCUT2D eigenvalue weighted by molar-refractivity contribution is 0.412. The highest BCUT2D eigenvalue weighted by molar-refractivity contribution is 5.62. The molecule has 2 atom stereocenters. The highest BCUT2D eigenvalue weighted by Crippen LogP contribution is 2.32. The second-order valence-electron chi connectivity index (χ2n) is 5.01. The van der Waals surface area contributed by atoms with Crippen LogP contribution in [0.2, 0.25) is 0 Å². The molecule has 3 heteroatoms. The number of nitrogens with one attached hydrogen (secondary N) is 1. The van der Waals surface area contributed by atoms with Crippen molar-refractivity contribution in [1.82, 2.24) is 0 Å². The molecule has 1 saturated carbocycles. The Kier molecular flexibility index (Phi) is 3.57. The van der Waals surface area contributed by atoms with E-state index in [0.29, 0.717) is 6.04 Å². The van der Waals surface area contributed by atoms with E-state index in [-0.39, 0.29) is 6.04 Å². The number of ether oxygens (including phenoxy) is 1. The molecule has 0 aromatic heterocycles. The van der Waals surface area contributed by atoms with Crippen LogP contribution in [0.15, 0.2) is 12.1 Å². The van der Waals surface area contributed by atoms with Gasteiger partial charge in [-0.1, -0.05) is 6.07 Å². The van der Waals surface area contributed by atoms with E-state index in [4.69, 9.17) is 10.5 Å². The van der Waals surface area contributed by atoms with E-state index in [1.165, 1.54) is 17.5 Å². The summed E-state index contributed by atoms with van der Waals surface area (Å²) in [6, 6.07) is 4.92. The highest BCUT2D eigenvalue weighted by atomic mass is 16.5. The molecule has 0 saturated heterocycles. The topological polar surface area (TPSA) is 47.3 Å². The minimum atomic E-state index is 0.264. The molecule has 1 aromatic carbocycles. The molecule has 1 aliphatic rings. The molecule has 0 amide bonds. The van der Waals surface area contributed by atoms with Gasteiger partial charge in [-0.3, -0.25) is 0 Å². The molecular formula is C14H22N2O. The molecule has 1 aromatic rings. The lowest BCUT2D eigenvalue weighted by Crippen LogP contribution is -2.35. The fourth-order valence-electron chi connectivity index (χ4n) is 2.70. The first-order valence-corrected chi connectivity index (χ1v) is 6.29. The van der Waals surface area contributed by atoms with Crippen molar-refractivity contribution in [2.45, 2.75) is 45.2 Å². The second kappa shape index (κ2) is 4.96. The number of methoxy groups -OCH3 is 1. The van der Waals surface area contributed by atoms with Crippen LogP contribution in [0.25, 0.3) is 0 Å². The van der Waals surface area contributed by atoms with Crippen molar-refractivity contribution in [2.24, 2.45) is 5.73 Å². The quantitative estimate of drug-likeness (QED) is 0.845. The van der Waals surface area contributed by atoms with Crippen molar-refractivity contribution in [3.05, 3.63) is 23.3 Å². The molecule has 0 bridgehead atoms. The minimum Gasteiger partial charge on any atom is -0.494 e. The van der Waals surface area contributed by atoms with Crippen molar-refractivity contribution in [3.8, 4) is 5.75 Å². The molecule has 3 N–H and O–H groups in total. The fourth-order valence-corrected chi connectivity index (χ4v) is 2.70. The predicted molar refractivity (Wildman–Crippen MR) is 71.7 cm³/mol. The van der Waals surface area contributed by atoms with Gasteiger partial charge in [-0.15, -0.1) is 0 Å². The van der Waals surface area contributed by atoms with Crippen LogP contribution in [-0.2, 0) is 0 Å². The van der Waals surface area contributed by atoms with Crippen LogP contribution in [-0.4, -0.2) is 19.2 Å². The zero-order valence-corrected chi connectivity index (χ0v) is 10.9. The van der Waals surface area contributed by atoms with Crippen LogP contribution in [0, 0.1) is 13.8 Å². The summed E-state index contributed by atoms with van der Waals surface area (Å²) < 4.78 is 5.47. The highest BCUT2D eigenvalue weighted by Gasteiger charge is 2.24. The van der Waals surface area contributed by atoms with E-state index in [0.717, 1.165) is 24.3 Å². The molecule has 3 nitrogen and oxygen atoms in total. The standard InChI is InChI=1S/C14H22N2O/c1-9-7-10(2)14(17-3)13(8-9)16-12-6-4-5-11(12)15/h7-8,11-12,16H,4-6,15H2,1-3H3. The first-order chi connectivity index (χ1) is 8.11. The van der Waals surface area contributed by atoms with E-state index >= 15 is 0 Å². The van der Waals surface area contributed by atoms with Crippen molar-refractivity contribution in [3.63, 3.8) is 0 Å². The van der Waals surface area contributed by atoms with E-state index in [9.17, 15) is 0 Å². The van der Waals surface area contributed by atoms with Crippen molar-refractivity contribution in [2.75, 3.05) is 12.4 Å². The molecule has 0 aliphatic heterocycles. The number of anilines is 1. The van der Waals surface area contributed by atoms with Gasteiger partial charge >= 0.3 is 0 Å². The summed E-state index contributed by atoms with van der Waals surface area (Å²) in [5.41, 5.74) is 9.58. The number of benzene rings is 1. The summed E-state index contributed by atoms with van der Waals surface area (Å²) in [4.78, 5) is 0. The van der Waals surface area contributed by atoms with Crippen LogP contribution in [0.4, 0.5) is 5.69 Å². The molecule has 94 valence electrons. The maximum absolute atomic E-state index is 6.09. The largest absolute Gasteiger partial charge is 0.494 e. The van der Waals surface area contributed by atoms with E-state index in [2.05, 4.69) is 31.3 Å². The predicted octanol–water partition coefficient (Wildman–Crippen LogP) is 2.60. The van der Waals surface area contributed by atoms with E-state index < -0.39 is 0 Å². The zero-order valence-electron chi connectivity index (χ0n) is 10.9. The smallest absolute Gasteiger partial charge is 0.144 e. The maximum atomic E-state index is 6.09. The maximum Gasteiger partial charge on any atom is 0.144 e. The first-order valence-electron chi connectivity index (χ1n) is 6.29. The average molecular weight is 234 g/mol. The van der Waals surface area contributed by atoms with Crippen molar-refractivity contribution in [1.29, 1.82) is 0 Å². The average Bonchev–Trinajstić information content (AvgIpc) is 2.64. The SMILES string of the molecule is COc1c(C)cc(C)cc1NC1CCCC1N. The molecule has 0 radical (unpaired) electrons. The zero-order chi connectivity index (χ0) is 12.4. The van der Waals surface area contributed by atoms with Crippen LogP contribution < -0.4 is 15.8 Å². The Bertz CT molecular complexity index is 403. The normalized spacial score (nSPS) is 23.8. The number of hydrogen-bond acceptors (Lipinski definition) is 3. The van der Waals surface area contributed by atoms with Gasteiger partial charge in [0.25, 0.3) is 0 Å². The number of hydrogen-bond donors (Lipinski definition) is 2. The molecule has 0 spiro atoms. The summed E-state index contributed by atoms with van der Waals surface area (Å²) in [7, 11) is 1.72. The Balaban J connectivity index is 2.24. The monoisotopic (exact) mass is 234 g/mol. The number of aryl methyl sites for hydroxylation is 2. The van der Waals surface area contributed by atoms with Gasteiger partial charge in [0.15, 0.2) is 0 Å². The summed E-state index contributed by atoms with van der Waals surface area (Å²) in [5, 5.41) is 3.54. The fraction of sp³-hybridized carbons (Fsp3) is 0.571. The summed E-state index contributed by atoms with van der Waals surface area (Å²) in [5.74, 6) is 0.940. The van der Waals surface area contributed by atoms with Gasteiger partial charge in [-0.2, -0.15) is 0 Å². The minimum absolute atomic E-state index is 0.264. The van der Waals surface area contributed by atoms with E-state index in [1.54, 1.807) is 7.11 Å². The molecule has 17 heavy (non-hydrogen) atoms. The van der Waals surface area contributed by atoms with Crippen LogP contribution in [0.1, 0.15) is 30.4 Å². The van der Waals surface area contributed by atoms with Crippen molar-refractivity contribution >= 4 is 5.69 Å².